The van der Waals surface area contributed by atoms with Gasteiger partial charge in [-0.1, -0.05) is 36.0 Å². The number of ether oxygens (including phenoxy) is 1. The summed E-state index contributed by atoms with van der Waals surface area (Å²) in [6.07, 6.45) is 2.25. The average Bonchev–Trinajstić information content (AvgIpc) is 3.57. The van der Waals surface area contributed by atoms with Crippen molar-refractivity contribution >= 4 is 44.9 Å². The van der Waals surface area contributed by atoms with E-state index in [9.17, 15) is 9.59 Å². The van der Waals surface area contributed by atoms with Gasteiger partial charge in [-0.2, -0.15) is 0 Å². The molecule has 1 amide bonds. The molecule has 1 N–H and O–H groups in total. The summed E-state index contributed by atoms with van der Waals surface area (Å²) in [6.45, 7) is 0. The highest BCUT2D eigenvalue weighted by atomic mass is 32.2. The molecule has 0 saturated heterocycles. The van der Waals surface area contributed by atoms with Crippen LogP contribution in [0.15, 0.2) is 69.9 Å². The maximum absolute atomic E-state index is 13.6. The van der Waals surface area contributed by atoms with Crippen molar-refractivity contribution in [1.82, 2.24) is 9.55 Å². The lowest BCUT2D eigenvalue weighted by atomic mass is 10.1. The van der Waals surface area contributed by atoms with E-state index in [1.54, 1.807) is 23.8 Å². The first-order valence-corrected chi connectivity index (χ1v) is 12.2. The van der Waals surface area contributed by atoms with Crippen LogP contribution in [0.25, 0.3) is 15.9 Å². The molecule has 2 heterocycles. The molecule has 4 aromatic rings. The Morgan fingerprint density at radius 1 is 1.22 bits per heavy atom. The highest BCUT2D eigenvalue weighted by molar-refractivity contribution is 7.99. The number of amides is 1. The SMILES string of the molecule is COc1cccc(NC(=O)CSc2nc3scc(C4CC4)c3c(=O)n2-c2ccccc2)c1. The Bertz CT molecular complexity index is 1340. The average molecular weight is 464 g/mol. The molecule has 1 aliphatic rings. The fraction of sp³-hybridized carbons (Fsp3) is 0.208. The minimum Gasteiger partial charge on any atom is -0.497 e. The second-order valence-corrected chi connectivity index (χ2v) is 9.39. The number of thiophene rings is 1. The molecule has 32 heavy (non-hydrogen) atoms. The maximum Gasteiger partial charge on any atom is 0.267 e. The first-order valence-electron chi connectivity index (χ1n) is 10.3. The summed E-state index contributed by atoms with van der Waals surface area (Å²) in [5, 5.41) is 6.17. The van der Waals surface area contributed by atoms with E-state index >= 15 is 0 Å². The molecule has 1 aliphatic carbocycles. The van der Waals surface area contributed by atoms with Crippen LogP contribution in [0, 0.1) is 0 Å². The van der Waals surface area contributed by atoms with E-state index in [1.165, 1.54) is 23.1 Å². The Hall–Kier alpha value is -3.10. The number of methoxy groups -OCH3 is 1. The van der Waals surface area contributed by atoms with E-state index in [0.717, 1.165) is 28.9 Å². The van der Waals surface area contributed by atoms with Crippen LogP contribution in [0.2, 0.25) is 0 Å². The molecule has 2 aromatic carbocycles. The number of rotatable bonds is 7. The Kier molecular flexibility index (Phi) is 5.71. The minimum atomic E-state index is -0.179. The molecule has 0 bridgehead atoms. The van der Waals surface area contributed by atoms with Gasteiger partial charge in [0.05, 0.1) is 23.9 Å². The molecule has 0 radical (unpaired) electrons. The minimum absolute atomic E-state index is 0.0694. The quantitative estimate of drug-likeness (QED) is 0.306. The van der Waals surface area contributed by atoms with Gasteiger partial charge in [-0.25, -0.2) is 4.98 Å². The van der Waals surface area contributed by atoms with Crippen LogP contribution in [0.1, 0.15) is 24.3 Å². The number of hydrogen-bond donors (Lipinski definition) is 1. The number of carbonyl (C=O) groups excluding carboxylic acids is 1. The van der Waals surface area contributed by atoms with Crippen LogP contribution >= 0.6 is 23.1 Å². The predicted molar refractivity (Wildman–Crippen MR) is 130 cm³/mol. The van der Waals surface area contributed by atoms with Gasteiger partial charge in [-0.3, -0.25) is 14.2 Å². The fourth-order valence-corrected chi connectivity index (χ4v) is 5.49. The lowest BCUT2D eigenvalue weighted by Gasteiger charge is -2.13. The lowest BCUT2D eigenvalue weighted by Crippen LogP contribution is -2.23. The second-order valence-electron chi connectivity index (χ2n) is 7.58. The van der Waals surface area contributed by atoms with Crippen LogP contribution < -0.4 is 15.6 Å². The molecule has 0 spiro atoms. The van der Waals surface area contributed by atoms with Gasteiger partial charge < -0.3 is 10.1 Å². The maximum atomic E-state index is 13.6. The topological polar surface area (TPSA) is 73.2 Å². The molecule has 1 fully saturated rings. The van der Waals surface area contributed by atoms with Crippen molar-refractivity contribution < 1.29 is 9.53 Å². The van der Waals surface area contributed by atoms with Gasteiger partial charge in [0.15, 0.2) is 5.16 Å². The summed E-state index contributed by atoms with van der Waals surface area (Å²) in [5.74, 6) is 1.09. The van der Waals surface area contributed by atoms with Crippen LogP contribution in [0.5, 0.6) is 5.75 Å². The number of fused-ring (bicyclic) bond motifs is 1. The largest absolute Gasteiger partial charge is 0.497 e. The smallest absolute Gasteiger partial charge is 0.267 e. The van der Waals surface area contributed by atoms with E-state index in [1.807, 2.05) is 42.5 Å². The molecule has 5 rings (SSSR count). The van der Waals surface area contributed by atoms with Gasteiger partial charge in [0.1, 0.15) is 10.6 Å². The van der Waals surface area contributed by atoms with Crippen molar-refractivity contribution in [3.8, 4) is 11.4 Å². The summed E-state index contributed by atoms with van der Waals surface area (Å²) < 4.78 is 6.83. The van der Waals surface area contributed by atoms with Crippen LogP contribution in [0.4, 0.5) is 5.69 Å². The molecular weight excluding hydrogens is 442 g/mol. The number of para-hydroxylation sites is 1. The van der Waals surface area contributed by atoms with Gasteiger partial charge in [-0.15, -0.1) is 11.3 Å². The van der Waals surface area contributed by atoms with Crippen molar-refractivity contribution in [3.05, 3.63) is 75.9 Å². The third kappa shape index (κ3) is 4.16. The van der Waals surface area contributed by atoms with E-state index in [2.05, 4.69) is 10.7 Å². The van der Waals surface area contributed by atoms with Crippen LogP contribution in [-0.2, 0) is 4.79 Å². The van der Waals surface area contributed by atoms with E-state index in [0.29, 0.717) is 27.9 Å². The first kappa shape index (κ1) is 20.8. The van der Waals surface area contributed by atoms with Crippen LogP contribution in [-0.4, -0.2) is 28.3 Å². The number of carbonyl (C=O) groups is 1. The number of thioether (sulfide) groups is 1. The van der Waals surface area contributed by atoms with Crippen molar-refractivity contribution in [2.75, 3.05) is 18.2 Å². The molecule has 0 aliphatic heterocycles. The fourth-order valence-electron chi connectivity index (χ4n) is 3.62. The first-order chi connectivity index (χ1) is 15.6. The number of benzene rings is 2. The molecule has 6 nitrogen and oxygen atoms in total. The molecular formula is C24H21N3O3S2. The number of aromatic nitrogens is 2. The monoisotopic (exact) mass is 463 g/mol. The summed E-state index contributed by atoms with van der Waals surface area (Å²) in [5.41, 5.74) is 2.45. The molecule has 2 aromatic heterocycles. The number of hydrogen-bond acceptors (Lipinski definition) is 6. The van der Waals surface area contributed by atoms with Crippen molar-refractivity contribution in [1.29, 1.82) is 0 Å². The zero-order valence-electron chi connectivity index (χ0n) is 17.4. The normalized spacial score (nSPS) is 13.3. The third-order valence-corrected chi connectivity index (χ3v) is 7.15. The van der Waals surface area contributed by atoms with Crippen molar-refractivity contribution in [2.24, 2.45) is 0 Å². The summed E-state index contributed by atoms with van der Waals surface area (Å²) in [4.78, 5) is 31.7. The zero-order chi connectivity index (χ0) is 22.1. The van der Waals surface area contributed by atoms with Gasteiger partial charge in [0.25, 0.3) is 5.56 Å². The summed E-state index contributed by atoms with van der Waals surface area (Å²) >= 11 is 2.76. The van der Waals surface area contributed by atoms with E-state index < -0.39 is 0 Å². The molecule has 8 heteroatoms. The Morgan fingerprint density at radius 2 is 2.03 bits per heavy atom. The van der Waals surface area contributed by atoms with Crippen LogP contribution in [0.3, 0.4) is 0 Å². The zero-order valence-corrected chi connectivity index (χ0v) is 19.0. The lowest BCUT2D eigenvalue weighted by molar-refractivity contribution is -0.113. The Balaban J connectivity index is 1.46. The van der Waals surface area contributed by atoms with E-state index in [-0.39, 0.29) is 17.2 Å². The van der Waals surface area contributed by atoms with Crippen molar-refractivity contribution in [2.45, 2.75) is 23.9 Å². The van der Waals surface area contributed by atoms with Gasteiger partial charge >= 0.3 is 0 Å². The third-order valence-electron chi connectivity index (χ3n) is 5.32. The highest BCUT2D eigenvalue weighted by Crippen LogP contribution is 2.44. The van der Waals surface area contributed by atoms with Gasteiger partial charge in [0, 0.05) is 11.8 Å². The summed E-state index contributed by atoms with van der Waals surface area (Å²) in [7, 11) is 1.58. The Labute approximate surface area is 193 Å². The molecule has 0 atom stereocenters. The molecule has 1 saturated carbocycles. The Morgan fingerprint density at radius 3 is 2.78 bits per heavy atom. The number of nitrogens with zero attached hydrogens (tertiary/aromatic N) is 2. The predicted octanol–water partition coefficient (Wildman–Crippen LogP) is 5.06. The number of nitrogens with one attached hydrogen (secondary N) is 1. The van der Waals surface area contributed by atoms with Gasteiger partial charge in [0.2, 0.25) is 5.91 Å². The highest BCUT2D eigenvalue weighted by Gasteiger charge is 2.29. The standard InChI is InChI=1S/C24H21N3O3S2/c1-30-18-9-5-6-16(12-18)25-20(28)14-32-24-26-22-21(19(13-31-22)15-10-11-15)23(29)27(24)17-7-3-2-4-8-17/h2-9,12-13,15H,10-11,14H2,1H3,(H,25,28). The van der Waals surface area contributed by atoms with Gasteiger partial charge in [-0.05, 0) is 54.0 Å². The second kappa shape index (κ2) is 8.80. The molecule has 0 unspecified atom stereocenters. The number of anilines is 1. The van der Waals surface area contributed by atoms with Crippen molar-refractivity contribution in [3.63, 3.8) is 0 Å². The van der Waals surface area contributed by atoms with E-state index in [4.69, 9.17) is 9.72 Å². The summed E-state index contributed by atoms with van der Waals surface area (Å²) in [6, 6.07) is 16.7. The molecule has 162 valence electrons.